The summed E-state index contributed by atoms with van der Waals surface area (Å²) in [7, 11) is 0. The summed E-state index contributed by atoms with van der Waals surface area (Å²) in [6, 6.07) is 5.71. The molecule has 1 saturated heterocycles. The summed E-state index contributed by atoms with van der Waals surface area (Å²) in [4.78, 5) is 0. The van der Waals surface area contributed by atoms with E-state index in [-0.39, 0.29) is 18.3 Å². The van der Waals surface area contributed by atoms with E-state index in [1.807, 2.05) is 18.2 Å². The molecular formula is C15H18O4. The van der Waals surface area contributed by atoms with Crippen molar-refractivity contribution in [2.75, 3.05) is 13.4 Å². The van der Waals surface area contributed by atoms with Crippen LogP contribution >= 0.6 is 0 Å². The Labute approximate surface area is 112 Å². The minimum Gasteiger partial charge on any atom is -0.454 e. The topological polar surface area (TPSA) is 51.2 Å². The molecular weight excluding hydrogens is 244 g/mol. The van der Waals surface area contributed by atoms with E-state index in [2.05, 4.69) is 0 Å². The van der Waals surface area contributed by atoms with Crippen LogP contribution in [0.2, 0.25) is 0 Å². The number of aliphatic hydroxyl groups is 1. The van der Waals surface area contributed by atoms with E-state index in [0.29, 0.717) is 0 Å². The number of aliphatic hydroxyl groups excluding tert-OH is 1. The van der Waals surface area contributed by atoms with Crippen molar-refractivity contribution in [1.29, 1.82) is 0 Å². The third kappa shape index (κ3) is 1.82. The zero-order chi connectivity index (χ0) is 12.9. The van der Waals surface area contributed by atoms with Crippen molar-refractivity contribution in [3.05, 3.63) is 23.8 Å². The van der Waals surface area contributed by atoms with Crippen molar-refractivity contribution in [3.8, 4) is 11.5 Å². The molecule has 2 aliphatic heterocycles. The van der Waals surface area contributed by atoms with Crippen molar-refractivity contribution < 1.29 is 19.3 Å². The molecule has 1 spiro atoms. The second-order valence-corrected chi connectivity index (χ2v) is 5.76. The van der Waals surface area contributed by atoms with Crippen LogP contribution in [0, 0.1) is 5.92 Å². The lowest BCUT2D eigenvalue weighted by Gasteiger charge is -2.32. The first-order valence-corrected chi connectivity index (χ1v) is 7.00. The maximum absolute atomic E-state index is 10.7. The third-order valence-electron chi connectivity index (χ3n) is 4.68. The minimum absolute atomic E-state index is 0.0476. The van der Waals surface area contributed by atoms with Crippen molar-refractivity contribution in [2.24, 2.45) is 5.92 Å². The number of benzene rings is 1. The fraction of sp³-hybridized carbons (Fsp3) is 0.600. The molecule has 1 saturated carbocycles. The van der Waals surface area contributed by atoms with Gasteiger partial charge in [0.25, 0.3) is 0 Å². The average Bonchev–Trinajstić information content (AvgIpc) is 3.04. The Hall–Kier alpha value is -1.26. The summed E-state index contributed by atoms with van der Waals surface area (Å²) in [6.45, 7) is 1.07. The molecule has 19 heavy (non-hydrogen) atoms. The molecule has 0 bridgehead atoms. The summed E-state index contributed by atoms with van der Waals surface area (Å²) in [6.07, 6.45) is 4.04. The van der Waals surface area contributed by atoms with Gasteiger partial charge >= 0.3 is 0 Å². The highest BCUT2D eigenvalue weighted by Gasteiger charge is 2.54. The molecule has 4 rings (SSSR count). The molecule has 3 atom stereocenters. The van der Waals surface area contributed by atoms with E-state index in [4.69, 9.17) is 14.2 Å². The molecule has 1 aromatic rings. The molecule has 1 aliphatic carbocycles. The molecule has 2 heterocycles. The van der Waals surface area contributed by atoms with Crippen LogP contribution in [0.25, 0.3) is 0 Å². The first kappa shape index (κ1) is 11.6. The van der Waals surface area contributed by atoms with Crippen LogP contribution in [0.5, 0.6) is 11.5 Å². The van der Waals surface area contributed by atoms with E-state index in [0.717, 1.165) is 36.5 Å². The second-order valence-electron chi connectivity index (χ2n) is 5.76. The Bertz CT molecular complexity index is 495. The molecule has 1 N–H and O–H groups in total. The van der Waals surface area contributed by atoms with Gasteiger partial charge in [-0.3, -0.25) is 0 Å². The van der Waals surface area contributed by atoms with Gasteiger partial charge in [0.05, 0.1) is 18.3 Å². The number of hydrogen-bond acceptors (Lipinski definition) is 4. The highest BCUT2D eigenvalue weighted by Crippen LogP contribution is 2.51. The normalized spacial score (nSPS) is 33.4. The Morgan fingerprint density at radius 3 is 2.89 bits per heavy atom. The summed E-state index contributed by atoms with van der Waals surface area (Å²) >= 11 is 0. The smallest absolute Gasteiger partial charge is 0.231 e. The molecule has 3 aliphatic rings. The largest absolute Gasteiger partial charge is 0.454 e. The Balaban J connectivity index is 1.61. The fourth-order valence-electron chi connectivity index (χ4n) is 3.46. The SMILES string of the molecule is O[C@H](c1ccc2c(c1)OCO2)[C@@H]1CCCC[C@]12CO2. The zero-order valence-electron chi connectivity index (χ0n) is 10.8. The molecule has 2 fully saturated rings. The van der Waals surface area contributed by atoms with Crippen LogP contribution in [-0.4, -0.2) is 24.1 Å². The van der Waals surface area contributed by atoms with Gasteiger partial charge in [0.1, 0.15) is 0 Å². The second kappa shape index (κ2) is 4.12. The number of hydrogen-bond donors (Lipinski definition) is 1. The van der Waals surface area contributed by atoms with Crippen molar-refractivity contribution >= 4 is 0 Å². The highest BCUT2D eigenvalue weighted by atomic mass is 16.7. The van der Waals surface area contributed by atoms with Gasteiger partial charge in [-0.2, -0.15) is 0 Å². The van der Waals surface area contributed by atoms with Crippen molar-refractivity contribution in [1.82, 2.24) is 0 Å². The number of fused-ring (bicyclic) bond motifs is 1. The number of epoxide rings is 1. The minimum atomic E-state index is -0.475. The van der Waals surface area contributed by atoms with E-state index < -0.39 is 6.10 Å². The van der Waals surface area contributed by atoms with E-state index in [1.165, 1.54) is 12.8 Å². The predicted octanol–water partition coefficient (Wildman–Crippen LogP) is 2.41. The van der Waals surface area contributed by atoms with Gasteiger partial charge in [-0.25, -0.2) is 0 Å². The van der Waals surface area contributed by atoms with Crippen molar-refractivity contribution in [3.63, 3.8) is 0 Å². The molecule has 0 aromatic heterocycles. The summed E-state index contributed by atoms with van der Waals surface area (Å²) < 4.78 is 16.4. The third-order valence-corrected chi connectivity index (χ3v) is 4.68. The lowest BCUT2D eigenvalue weighted by atomic mass is 9.74. The molecule has 102 valence electrons. The Morgan fingerprint density at radius 2 is 2.05 bits per heavy atom. The van der Waals surface area contributed by atoms with Crippen LogP contribution < -0.4 is 9.47 Å². The molecule has 0 amide bonds. The lowest BCUT2D eigenvalue weighted by molar-refractivity contribution is 0.0265. The number of ether oxygens (including phenoxy) is 3. The molecule has 4 nitrogen and oxygen atoms in total. The molecule has 0 unspecified atom stereocenters. The maximum atomic E-state index is 10.7. The van der Waals surface area contributed by atoms with Gasteiger partial charge in [-0.15, -0.1) is 0 Å². The maximum Gasteiger partial charge on any atom is 0.231 e. The quantitative estimate of drug-likeness (QED) is 0.832. The first-order chi connectivity index (χ1) is 9.28. The summed E-state index contributed by atoms with van der Waals surface area (Å²) in [5.41, 5.74) is 0.861. The van der Waals surface area contributed by atoms with Crippen LogP contribution in [0.1, 0.15) is 37.4 Å². The lowest BCUT2D eigenvalue weighted by Crippen LogP contribution is -2.33. The van der Waals surface area contributed by atoms with Gasteiger partial charge in [0.2, 0.25) is 6.79 Å². The molecule has 4 heteroatoms. The van der Waals surface area contributed by atoms with Gasteiger partial charge < -0.3 is 19.3 Å². The van der Waals surface area contributed by atoms with Crippen LogP contribution in [-0.2, 0) is 4.74 Å². The van der Waals surface area contributed by atoms with E-state index in [1.54, 1.807) is 0 Å². The summed E-state index contributed by atoms with van der Waals surface area (Å²) in [5, 5.41) is 10.7. The van der Waals surface area contributed by atoms with Gasteiger partial charge in [0, 0.05) is 5.92 Å². The Kier molecular flexibility index (Phi) is 2.50. The van der Waals surface area contributed by atoms with Crippen LogP contribution in [0.3, 0.4) is 0 Å². The van der Waals surface area contributed by atoms with Crippen molar-refractivity contribution in [2.45, 2.75) is 37.4 Å². The first-order valence-electron chi connectivity index (χ1n) is 7.00. The predicted molar refractivity (Wildman–Crippen MR) is 68.2 cm³/mol. The van der Waals surface area contributed by atoms with E-state index >= 15 is 0 Å². The number of rotatable bonds is 2. The van der Waals surface area contributed by atoms with Gasteiger partial charge in [-0.05, 0) is 30.5 Å². The van der Waals surface area contributed by atoms with E-state index in [9.17, 15) is 5.11 Å². The molecule has 0 radical (unpaired) electrons. The monoisotopic (exact) mass is 262 g/mol. The fourth-order valence-corrected chi connectivity index (χ4v) is 3.46. The average molecular weight is 262 g/mol. The summed E-state index contributed by atoms with van der Waals surface area (Å²) in [5.74, 6) is 1.71. The zero-order valence-corrected chi connectivity index (χ0v) is 10.8. The highest BCUT2D eigenvalue weighted by molar-refractivity contribution is 5.45. The van der Waals surface area contributed by atoms with Crippen LogP contribution in [0.15, 0.2) is 18.2 Å². The van der Waals surface area contributed by atoms with Gasteiger partial charge in [-0.1, -0.05) is 18.9 Å². The van der Waals surface area contributed by atoms with Gasteiger partial charge in [0.15, 0.2) is 11.5 Å². The van der Waals surface area contributed by atoms with Crippen LogP contribution in [0.4, 0.5) is 0 Å². The standard InChI is InChI=1S/C15H18O4/c16-14(11-3-1-2-6-15(11)8-19-15)10-4-5-12-13(7-10)18-9-17-12/h4-5,7,11,14,16H,1-3,6,8-9H2/t11-,14+,15-/m0/s1. The Morgan fingerprint density at radius 1 is 1.21 bits per heavy atom. The molecule has 1 aromatic carbocycles.